The highest BCUT2D eigenvalue weighted by Crippen LogP contribution is 2.06. The lowest BCUT2D eigenvalue weighted by atomic mass is 10.1. The molecule has 0 bridgehead atoms. The van der Waals surface area contributed by atoms with Crippen molar-refractivity contribution < 1.29 is 10.2 Å². The van der Waals surface area contributed by atoms with Gasteiger partial charge in [-0.15, -0.1) is 0 Å². The number of aliphatic hydroxyl groups excluding tert-OH is 2. The van der Waals surface area contributed by atoms with Crippen molar-refractivity contribution in [3.8, 4) is 0 Å². The Balaban J connectivity index is 3.31. The molecular formula is C8H18O2. The summed E-state index contributed by atoms with van der Waals surface area (Å²) in [5, 5.41) is 18.3. The van der Waals surface area contributed by atoms with Crippen LogP contribution in [0.2, 0.25) is 0 Å². The van der Waals surface area contributed by atoms with Crippen molar-refractivity contribution in [1.29, 1.82) is 0 Å². The molecule has 2 heteroatoms. The summed E-state index contributed by atoms with van der Waals surface area (Å²) in [6.45, 7) is 3.95. The second-order valence-electron chi connectivity index (χ2n) is 2.69. The molecule has 0 amide bonds. The molecule has 0 aromatic heterocycles. The summed E-state index contributed by atoms with van der Waals surface area (Å²) < 4.78 is 0. The van der Waals surface area contributed by atoms with Gasteiger partial charge in [0.05, 0.1) is 12.2 Å². The first-order chi connectivity index (χ1) is 4.72. The summed E-state index contributed by atoms with van der Waals surface area (Å²) in [7, 11) is 0. The molecule has 0 aliphatic heterocycles. The highest BCUT2D eigenvalue weighted by atomic mass is 16.3. The maximum atomic E-state index is 9.20. The van der Waals surface area contributed by atoms with Crippen LogP contribution in [0.3, 0.4) is 0 Å². The SMILES string of the molecule is CCCC[C@H](O)[C@@H](O)CC. The van der Waals surface area contributed by atoms with Crippen molar-refractivity contribution in [1.82, 2.24) is 0 Å². The average Bonchev–Trinajstić information content (AvgIpc) is 1.98. The van der Waals surface area contributed by atoms with Crippen LogP contribution in [0, 0.1) is 0 Å². The van der Waals surface area contributed by atoms with Gasteiger partial charge in [0.2, 0.25) is 0 Å². The predicted molar refractivity (Wildman–Crippen MR) is 41.8 cm³/mol. The Morgan fingerprint density at radius 3 is 2.10 bits per heavy atom. The molecule has 0 aromatic rings. The Morgan fingerprint density at radius 2 is 1.70 bits per heavy atom. The number of aliphatic hydroxyl groups is 2. The molecule has 0 radical (unpaired) electrons. The van der Waals surface area contributed by atoms with E-state index in [0.717, 1.165) is 19.3 Å². The number of hydrogen-bond acceptors (Lipinski definition) is 2. The Kier molecular flexibility index (Phi) is 5.64. The molecule has 0 aromatic carbocycles. The van der Waals surface area contributed by atoms with Crippen molar-refractivity contribution in [2.75, 3.05) is 0 Å². The molecule has 0 rings (SSSR count). The average molecular weight is 146 g/mol. The maximum Gasteiger partial charge on any atom is 0.0799 e. The molecule has 0 fully saturated rings. The summed E-state index contributed by atoms with van der Waals surface area (Å²) in [5.41, 5.74) is 0. The predicted octanol–water partition coefficient (Wildman–Crippen LogP) is 1.31. The van der Waals surface area contributed by atoms with Gasteiger partial charge < -0.3 is 10.2 Å². The Morgan fingerprint density at radius 1 is 1.10 bits per heavy atom. The molecule has 0 aliphatic rings. The Bertz CT molecular complexity index is 73.7. The number of unbranched alkanes of at least 4 members (excludes halogenated alkanes) is 1. The minimum Gasteiger partial charge on any atom is -0.390 e. The molecule has 0 saturated heterocycles. The van der Waals surface area contributed by atoms with Crippen LogP contribution in [0.4, 0.5) is 0 Å². The largest absolute Gasteiger partial charge is 0.390 e. The molecule has 0 heterocycles. The molecule has 0 spiro atoms. The minimum absolute atomic E-state index is 0.509. The zero-order valence-electron chi connectivity index (χ0n) is 6.88. The van der Waals surface area contributed by atoms with E-state index in [9.17, 15) is 5.11 Å². The Labute approximate surface area is 62.9 Å². The third kappa shape index (κ3) is 3.85. The first-order valence-corrected chi connectivity index (χ1v) is 4.08. The van der Waals surface area contributed by atoms with E-state index in [4.69, 9.17) is 5.11 Å². The second-order valence-corrected chi connectivity index (χ2v) is 2.69. The number of hydrogen-bond donors (Lipinski definition) is 2. The highest BCUT2D eigenvalue weighted by Gasteiger charge is 2.12. The quantitative estimate of drug-likeness (QED) is 0.614. The van der Waals surface area contributed by atoms with Crippen LogP contribution in [0.25, 0.3) is 0 Å². The molecule has 2 nitrogen and oxygen atoms in total. The van der Waals surface area contributed by atoms with Crippen molar-refractivity contribution >= 4 is 0 Å². The molecule has 2 atom stereocenters. The van der Waals surface area contributed by atoms with Crippen LogP contribution in [-0.2, 0) is 0 Å². The van der Waals surface area contributed by atoms with Crippen LogP contribution in [0.5, 0.6) is 0 Å². The monoisotopic (exact) mass is 146 g/mol. The third-order valence-electron chi connectivity index (χ3n) is 1.72. The van der Waals surface area contributed by atoms with Gasteiger partial charge in [-0.25, -0.2) is 0 Å². The second kappa shape index (κ2) is 5.69. The zero-order valence-corrected chi connectivity index (χ0v) is 6.88. The van der Waals surface area contributed by atoms with Gasteiger partial charge in [-0.1, -0.05) is 26.7 Å². The molecule has 2 N–H and O–H groups in total. The third-order valence-corrected chi connectivity index (χ3v) is 1.72. The molecule has 0 aliphatic carbocycles. The van der Waals surface area contributed by atoms with Crippen LogP contribution >= 0.6 is 0 Å². The standard InChI is InChI=1S/C8H18O2/c1-3-5-6-8(10)7(9)4-2/h7-10H,3-6H2,1-2H3/t7-,8-/m0/s1. The fourth-order valence-electron chi connectivity index (χ4n) is 0.878. The van der Waals surface area contributed by atoms with Gasteiger partial charge >= 0.3 is 0 Å². The fourth-order valence-corrected chi connectivity index (χ4v) is 0.878. The van der Waals surface area contributed by atoms with Gasteiger partial charge in [0.15, 0.2) is 0 Å². The van der Waals surface area contributed by atoms with Crippen molar-refractivity contribution in [3.05, 3.63) is 0 Å². The van der Waals surface area contributed by atoms with E-state index in [1.165, 1.54) is 0 Å². The summed E-state index contributed by atoms with van der Waals surface area (Å²) in [5.74, 6) is 0. The molecule has 0 unspecified atom stereocenters. The summed E-state index contributed by atoms with van der Waals surface area (Å²) in [4.78, 5) is 0. The molecule has 0 saturated carbocycles. The summed E-state index contributed by atoms with van der Waals surface area (Å²) in [6.07, 6.45) is 2.42. The highest BCUT2D eigenvalue weighted by molar-refractivity contribution is 4.64. The van der Waals surface area contributed by atoms with Gasteiger partial charge in [-0.2, -0.15) is 0 Å². The van der Waals surface area contributed by atoms with E-state index in [1.807, 2.05) is 6.92 Å². The Hall–Kier alpha value is -0.0800. The van der Waals surface area contributed by atoms with E-state index < -0.39 is 12.2 Å². The van der Waals surface area contributed by atoms with Crippen molar-refractivity contribution in [2.24, 2.45) is 0 Å². The smallest absolute Gasteiger partial charge is 0.0799 e. The van der Waals surface area contributed by atoms with Crippen LogP contribution < -0.4 is 0 Å². The summed E-state index contributed by atoms with van der Waals surface area (Å²) >= 11 is 0. The molecule has 10 heavy (non-hydrogen) atoms. The van der Waals surface area contributed by atoms with Crippen molar-refractivity contribution in [2.45, 2.75) is 51.7 Å². The van der Waals surface area contributed by atoms with Crippen molar-refractivity contribution in [3.63, 3.8) is 0 Å². The first-order valence-electron chi connectivity index (χ1n) is 4.08. The van der Waals surface area contributed by atoms with E-state index in [-0.39, 0.29) is 0 Å². The first kappa shape index (κ1) is 9.92. The fraction of sp³-hybridized carbons (Fsp3) is 1.00. The maximum absolute atomic E-state index is 9.20. The summed E-state index contributed by atoms with van der Waals surface area (Å²) in [6, 6.07) is 0. The minimum atomic E-state index is -0.522. The topological polar surface area (TPSA) is 40.5 Å². The zero-order chi connectivity index (χ0) is 7.98. The van der Waals surface area contributed by atoms with E-state index >= 15 is 0 Å². The van der Waals surface area contributed by atoms with E-state index in [1.54, 1.807) is 0 Å². The lowest BCUT2D eigenvalue weighted by Crippen LogP contribution is -2.24. The lowest BCUT2D eigenvalue weighted by molar-refractivity contribution is 0.0116. The number of rotatable bonds is 5. The van der Waals surface area contributed by atoms with Gasteiger partial charge in [-0.05, 0) is 12.8 Å². The normalized spacial score (nSPS) is 16.8. The van der Waals surface area contributed by atoms with Crippen LogP contribution in [0.1, 0.15) is 39.5 Å². The van der Waals surface area contributed by atoms with E-state index in [0.29, 0.717) is 6.42 Å². The van der Waals surface area contributed by atoms with Gasteiger partial charge in [0, 0.05) is 0 Å². The lowest BCUT2D eigenvalue weighted by Gasteiger charge is -2.14. The van der Waals surface area contributed by atoms with Gasteiger partial charge in [0.1, 0.15) is 0 Å². The molecular weight excluding hydrogens is 128 g/mol. The van der Waals surface area contributed by atoms with E-state index in [2.05, 4.69) is 6.92 Å². The van der Waals surface area contributed by atoms with Crippen LogP contribution in [0.15, 0.2) is 0 Å². The van der Waals surface area contributed by atoms with Crippen LogP contribution in [-0.4, -0.2) is 22.4 Å². The molecule has 62 valence electrons. The van der Waals surface area contributed by atoms with Gasteiger partial charge in [0.25, 0.3) is 0 Å². The van der Waals surface area contributed by atoms with Gasteiger partial charge in [-0.3, -0.25) is 0 Å².